The zero-order valence-electron chi connectivity index (χ0n) is 15.5. The number of hydrogen-bond acceptors (Lipinski definition) is 2. The molecule has 0 N–H and O–H groups in total. The topological polar surface area (TPSA) is 37.6 Å². The Morgan fingerprint density at radius 2 is 1.92 bits per heavy atom. The number of aromatic nitrogens is 2. The Labute approximate surface area is 154 Å². The van der Waals surface area contributed by atoms with Gasteiger partial charge in [0.2, 0.25) is 5.91 Å². The number of benzene rings is 1. The van der Waals surface area contributed by atoms with Gasteiger partial charge in [0.05, 0.1) is 12.1 Å². The van der Waals surface area contributed by atoms with E-state index in [9.17, 15) is 4.79 Å². The second kappa shape index (κ2) is 6.94. The first-order valence-electron chi connectivity index (χ1n) is 9.44. The lowest BCUT2D eigenvalue weighted by molar-refractivity contribution is -0.131. The van der Waals surface area contributed by atoms with Gasteiger partial charge in [0.1, 0.15) is 5.65 Å². The van der Waals surface area contributed by atoms with Gasteiger partial charge in [-0.05, 0) is 48.9 Å². The molecule has 1 saturated carbocycles. The molecule has 1 aliphatic carbocycles. The van der Waals surface area contributed by atoms with Gasteiger partial charge in [0, 0.05) is 25.0 Å². The van der Waals surface area contributed by atoms with E-state index in [1.165, 1.54) is 11.1 Å². The smallest absolute Gasteiger partial charge is 0.229 e. The van der Waals surface area contributed by atoms with E-state index in [0.29, 0.717) is 19.0 Å². The Bertz CT molecular complexity index is 922. The van der Waals surface area contributed by atoms with Crippen LogP contribution in [0, 0.1) is 6.92 Å². The first kappa shape index (κ1) is 16.8. The summed E-state index contributed by atoms with van der Waals surface area (Å²) in [6.45, 7) is 4.90. The lowest BCUT2D eigenvalue weighted by atomic mass is 10.1. The van der Waals surface area contributed by atoms with Crippen LogP contribution in [0.3, 0.4) is 0 Å². The molecule has 0 saturated heterocycles. The fourth-order valence-electron chi connectivity index (χ4n) is 3.43. The molecule has 0 spiro atoms. The van der Waals surface area contributed by atoms with Crippen LogP contribution in [0.2, 0.25) is 0 Å². The largest absolute Gasteiger partial charge is 0.335 e. The fourth-order valence-corrected chi connectivity index (χ4v) is 3.43. The maximum atomic E-state index is 13.0. The van der Waals surface area contributed by atoms with Crippen LogP contribution in [0.1, 0.15) is 42.1 Å². The molecule has 2 aromatic heterocycles. The van der Waals surface area contributed by atoms with Crippen LogP contribution in [0.5, 0.6) is 0 Å². The number of aryl methyl sites for hydroxylation is 2. The minimum Gasteiger partial charge on any atom is -0.335 e. The summed E-state index contributed by atoms with van der Waals surface area (Å²) < 4.78 is 2.00. The number of pyridine rings is 1. The summed E-state index contributed by atoms with van der Waals surface area (Å²) in [6, 6.07) is 13.1. The number of carbonyl (C=O) groups excluding carboxylic acids is 1. The van der Waals surface area contributed by atoms with Crippen LogP contribution >= 0.6 is 0 Å². The molecule has 0 aliphatic heterocycles. The highest BCUT2D eigenvalue weighted by atomic mass is 16.2. The average Bonchev–Trinajstić information content (AvgIpc) is 3.40. The van der Waals surface area contributed by atoms with E-state index < -0.39 is 0 Å². The van der Waals surface area contributed by atoms with Crippen molar-refractivity contribution in [3.8, 4) is 0 Å². The monoisotopic (exact) mass is 347 g/mol. The molecule has 0 atom stereocenters. The highest BCUT2D eigenvalue weighted by Crippen LogP contribution is 2.29. The van der Waals surface area contributed by atoms with Crippen LogP contribution in [0.15, 0.2) is 48.8 Å². The van der Waals surface area contributed by atoms with Crippen molar-refractivity contribution in [1.29, 1.82) is 0 Å². The lowest BCUT2D eigenvalue weighted by Crippen LogP contribution is -2.33. The van der Waals surface area contributed by atoms with E-state index in [1.807, 2.05) is 40.8 Å². The third-order valence-corrected chi connectivity index (χ3v) is 5.15. The van der Waals surface area contributed by atoms with Crippen LogP contribution in [0.25, 0.3) is 5.65 Å². The van der Waals surface area contributed by atoms with Gasteiger partial charge in [-0.1, -0.05) is 37.3 Å². The number of fused-ring (bicyclic) bond motifs is 1. The zero-order chi connectivity index (χ0) is 18.1. The fraction of sp³-hybridized carbons (Fsp3) is 0.364. The molecule has 1 aromatic carbocycles. The van der Waals surface area contributed by atoms with Gasteiger partial charge < -0.3 is 9.30 Å². The van der Waals surface area contributed by atoms with Crippen LogP contribution < -0.4 is 0 Å². The average molecular weight is 347 g/mol. The summed E-state index contributed by atoms with van der Waals surface area (Å²) in [5, 5.41) is 0. The molecule has 4 heteroatoms. The minimum atomic E-state index is 0.174. The number of imidazole rings is 1. The zero-order valence-corrected chi connectivity index (χ0v) is 15.5. The molecule has 2 heterocycles. The number of carbonyl (C=O) groups is 1. The SMILES string of the molecule is CCc1ccc(CN(C(=O)Cc2cn3cccc(C)c3n2)C2CC2)cc1. The number of amides is 1. The number of rotatable bonds is 6. The van der Waals surface area contributed by atoms with Crippen molar-refractivity contribution in [2.24, 2.45) is 0 Å². The third-order valence-electron chi connectivity index (χ3n) is 5.15. The van der Waals surface area contributed by atoms with Gasteiger partial charge in [-0.2, -0.15) is 0 Å². The van der Waals surface area contributed by atoms with Crippen molar-refractivity contribution in [3.63, 3.8) is 0 Å². The van der Waals surface area contributed by atoms with Gasteiger partial charge in [0.25, 0.3) is 0 Å². The van der Waals surface area contributed by atoms with Crippen molar-refractivity contribution < 1.29 is 4.79 Å². The second-order valence-electron chi connectivity index (χ2n) is 7.25. The molecule has 3 aromatic rings. The lowest BCUT2D eigenvalue weighted by Gasteiger charge is -2.22. The van der Waals surface area contributed by atoms with Crippen molar-refractivity contribution >= 4 is 11.6 Å². The predicted octanol–water partition coefficient (Wildman–Crippen LogP) is 3.94. The van der Waals surface area contributed by atoms with E-state index >= 15 is 0 Å². The molecule has 0 radical (unpaired) electrons. The second-order valence-corrected chi connectivity index (χ2v) is 7.25. The van der Waals surface area contributed by atoms with Crippen molar-refractivity contribution in [1.82, 2.24) is 14.3 Å². The van der Waals surface area contributed by atoms with Gasteiger partial charge in [-0.3, -0.25) is 4.79 Å². The molecule has 26 heavy (non-hydrogen) atoms. The van der Waals surface area contributed by atoms with Crippen molar-refractivity contribution in [3.05, 3.63) is 71.2 Å². The Morgan fingerprint density at radius 1 is 1.19 bits per heavy atom. The van der Waals surface area contributed by atoms with Gasteiger partial charge in [-0.15, -0.1) is 0 Å². The Kier molecular flexibility index (Phi) is 4.49. The molecular weight excluding hydrogens is 322 g/mol. The molecule has 0 unspecified atom stereocenters. The Hall–Kier alpha value is -2.62. The Morgan fingerprint density at radius 3 is 2.58 bits per heavy atom. The molecule has 4 nitrogen and oxygen atoms in total. The summed E-state index contributed by atoms with van der Waals surface area (Å²) >= 11 is 0. The normalized spacial score (nSPS) is 13.9. The maximum Gasteiger partial charge on any atom is 0.229 e. The van der Waals surface area contributed by atoms with Crippen molar-refractivity contribution in [2.45, 2.75) is 52.1 Å². The summed E-state index contributed by atoms with van der Waals surface area (Å²) in [5.41, 5.74) is 5.44. The van der Waals surface area contributed by atoms with Gasteiger partial charge >= 0.3 is 0 Å². The van der Waals surface area contributed by atoms with E-state index in [2.05, 4.69) is 36.2 Å². The van der Waals surface area contributed by atoms with E-state index in [-0.39, 0.29) is 5.91 Å². The highest BCUT2D eigenvalue weighted by Gasteiger charge is 2.32. The van der Waals surface area contributed by atoms with Crippen molar-refractivity contribution in [2.75, 3.05) is 0 Å². The highest BCUT2D eigenvalue weighted by molar-refractivity contribution is 5.79. The third kappa shape index (κ3) is 3.50. The van der Waals surface area contributed by atoms with Crippen LogP contribution in [-0.4, -0.2) is 26.2 Å². The van der Waals surface area contributed by atoms with Crippen LogP contribution in [0.4, 0.5) is 0 Å². The van der Waals surface area contributed by atoms with E-state index in [0.717, 1.165) is 36.2 Å². The predicted molar refractivity (Wildman–Crippen MR) is 103 cm³/mol. The molecular formula is C22H25N3O. The summed E-state index contributed by atoms with van der Waals surface area (Å²) in [6.07, 6.45) is 7.59. The van der Waals surface area contributed by atoms with E-state index in [1.54, 1.807) is 0 Å². The van der Waals surface area contributed by atoms with E-state index in [4.69, 9.17) is 0 Å². The summed E-state index contributed by atoms with van der Waals surface area (Å²) in [5.74, 6) is 0.174. The maximum absolute atomic E-state index is 13.0. The Balaban J connectivity index is 1.50. The molecule has 4 rings (SSSR count). The molecule has 1 amide bonds. The quantitative estimate of drug-likeness (QED) is 0.677. The molecule has 0 bridgehead atoms. The summed E-state index contributed by atoms with van der Waals surface area (Å²) in [7, 11) is 0. The van der Waals surface area contributed by atoms with Gasteiger partial charge in [-0.25, -0.2) is 4.98 Å². The van der Waals surface area contributed by atoms with Crippen LogP contribution in [-0.2, 0) is 24.2 Å². The summed E-state index contributed by atoms with van der Waals surface area (Å²) in [4.78, 5) is 19.7. The number of hydrogen-bond donors (Lipinski definition) is 0. The van der Waals surface area contributed by atoms with Gasteiger partial charge in [0.15, 0.2) is 0 Å². The molecule has 1 fully saturated rings. The standard InChI is InChI=1S/C22H25N3O/c1-3-17-6-8-18(9-7-17)14-25(20-10-11-20)21(26)13-19-15-24-12-4-5-16(2)22(24)23-19/h4-9,12,15,20H,3,10-11,13-14H2,1-2H3. The number of nitrogens with zero attached hydrogens (tertiary/aromatic N) is 3. The first-order chi connectivity index (χ1) is 12.6. The molecule has 134 valence electrons. The first-order valence-corrected chi connectivity index (χ1v) is 9.44. The minimum absolute atomic E-state index is 0.174. The molecule has 1 aliphatic rings.